The molecule has 0 heterocycles. The van der Waals surface area contributed by atoms with E-state index in [2.05, 4.69) is 9.44 Å². The first kappa shape index (κ1) is 28.7. The van der Waals surface area contributed by atoms with E-state index in [4.69, 9.17) is 9.84 Å². The van der Waals surface area contributed by atoms with Crippen molar-refractivity contribution in [2.75, 3.05) is 9.44 Å². The molecule has 0 aliphatic carbocycles. The number of benzene rings is 4. The fraction of sp³-hybridized carbons (Fsp3) is 0. The zero-order chi connectivity index (χ0) is 29.9. The van der Waals surface area contributed by atoms with Crippen LogP contribution in [0.25, 0.3) is 0 Å². The number of carbonyl (C=O) groups excluding carboxylic acids is 1. The van der Waals surface area contributed by atoms with Gasteiger partial charge < -0.3 is 25.2 Å². The van der Waals surface area contributed by atoms with E-state index < -0.39 is 59.7 Å². The van der Waals surface area contributed by atoms with Crippen LogP contribution in [-0.4, -0.2) is 49.2 Å². The minimum atomic E-state index is -4.28. The average Bonchev–Trinajstić information content (AvgIpc) is 2.88. The van der Waals surface area contributed by atoms with Crippen LogP contribution in [0.15, 0.2) is 94.7 Å². The number of aromatic carboxylic acids is 1. The standard InChI is InChI=1S/C26H20N2O11S2/c29-21-6-1-2-7-24(21)41(37,38)28-16-9-11-20(23(31)13-16)26(34)39-17-4-3-5-18(14-17)40(35,36)27-15-8-10-19(25(32)33)22(30)12-15/h1-14,27-31H,(H,32,33). The first-order valence-corrected chi connectivity index (χ1v) is 14.3. The van der Waals surface area contributed by atoms with E-state index in [0.29, 0.717) is 0 Å². The summed E-state index contributed by atoms with van der Waals surface area (Å²) in [4.78, 5) is 23.0. The number of phenolic OH excluding ortho intramolecular Hbond substituents is 2. The molecule has 0 aliphatic rings. The van der Waals surface area contributed by atoms with Gasteiger partial charge in [0.05, 0.1) is 16.3 Å². The highest BCUT2D eigenvalue weighted by atomic mass is 32.2. The van der Waals surface area contributed by atoms with Crippen molar-refractivity contribution in [3.8, 4) is 23.0 Å². The Bertz CT molecular complexity index is 1890. The molecule has 41 heavy (non-hydrogen) atoms. The van der Waals surface area contributed by atoms with Gasteiger partial charge in [0.1, 0.15) is 39.0 Å². The largest absolute Gasteiger partial charge is 0.507 e. The Morgan fingerprint density at radius 2 is 1.22 bits per heavy atom. The molecule has 4 aromatic carbocycles. The number of rotatable bonds is 9. The lowest BCUT2D eigenvalue weighted by Crippen LogP contribution is -2.15. The van der Waals surface area contributed by atoms with Crippen molar-refractivity contribution >= 4 is 43.4 Å². The number of nitrogens with one attached hydrogen (secondary N) is 2. The van der Waals surface area contributed by atoms with Gasteiger partial charge in [-0.3, -0.25) is 9.44 Å². The lowest BCUT2D eigenvalue weighted by molar-refractivity contribution is 0.0691. The molecule has 0 spiro atoms. The summed E-state index contributed by atoms with van der Waals surface area (Å²) in [5.41, 5.74) is -1.04. The highest BCUT2D eigenvalue weighted by Crippen LogP contribution is 2.29. The molecule has 0 aromatic heterocycles. The Labute approximate surface area is 233 Å². The minimum Gasteiger partial charge on any atom is -0.507 e. The van der Waals surface area contributed by atoms with E-state index >= 15 is 0 Å². The first-order chi connectivity index (χ1) is 19.3. The molecular formula is C26H20N2O11S2. The zero-order valence-electron chi connectivity index (χ0n) is 20.5. The lowest BCUT2D eigenvalue weighted by Gasteiger charge is -2.12. The van der Waals surface area contributed by atoms with Gasteiger partial charge in [-0.2, -0.15) is 0 Å². The van der Waals surface area contributed by atoms with Crippen LogP contribution in [0.4, 0.5) is 11.4 Å². The Morgan fingerprint density at radius 1 is 0.634 bits per heavy atom. The van der Waals surface area contributed by atoms with E-state index in [1.807, 2.05) is 0 Å². The number of aromatic hydroxyl groups is 3. The molecular weight excluding hydrogens is 580 g/mol. The van der Waals surface area contributed by atoms with Crippen LogP contribution < -0.4 is 14.2 Å². The van der Waals surface area contributed by atoms with E-state index in [1.165, 1.54) is 48.5 Å². The molecule has 212 valence electrons. The number of sulfonamides is 2. The molecule has 0 aliphatic heterocycles. The predicted octanol–water partition coefficient (Wildman–Crippen LogP) is 3.32. The molecule has 0 saturated heterocycles. The van der Waals surface area contributed by atoms with Gasteiger partial charge in [-0.05, 0) is 48.5 Å². The van der Waals surface area contributed by atoms with Gasteiger partial charge >= 0.3 is 11.9 Å². The van der Waals surface area contributed by atoms with E-state index in [-0.39, 0.29) is 27.6 Å². The molecule has 0 atom stereocenters. The van der Waals surface area contributed by atoms with Crippen LogP contribution in [0, 0.1) is 0 Å². The van der Waals surface area contributed by atoms with Crippen molar-refractivity contribution in [1.82, 2.24) is 0 Å². The summed E-state index contributed by atoms with van der Waals surface area (Å²) >= 11 is 0. The Morgan fingerprint density at radius 3 is 1.80 bits per heavy atom. The van der Waals surface area contributed by atoms with Crippen molar-refractivity contribution in [1.29, 1.82) is 0 Å². The maximum absolute atomic E-state index is 12.8. The van der Waals surface area contributed by atoms with Crippen LogP contribution in [0.3, 0.4) is 0 Å². The van der Waals surface area contributed by atoms with E-state index in [9.17, 15) is 41.7 Å². The van der Waals surface area contributed by atoms with Crippen molar-refractivity contribution in [3.63, 3.8) is 0 Å². The summed E-state index contributed by atoms with van der Waals surface area (Å²) in [7, 11) is -8.50. The second kappa shape index (κ2) is 11.1. The highest BCUT2D eigenvalue weighted by molar-refractivity contribution is 7.93. The van der Waals surface area contributed by atoms with Crippen molar-refractivity contribution < 1.29 is 51.6 Å². The Hall–Kier alpha value is -5.28. The van der Waals surface area contributed by atoms with Gasteiger partial charge in [-0.1, -0.05) is 18.2 Å². The predicted molar refractivity (Wildman–Crippen MR) is 144 cm³/mol. The third-order valence-electron chi connectivity index (χ3n) is 5.43. The second-order valence-corrected chi connectivity index (χ2v) is 11.6. The molecule has 0 unspecified atom stereocenters. The van der Waals surface area contributed by atoms with E-state index in [1.54, 1.807) is 0 Å². The highest BCUT2D eigenvalue weighted by Gasteiger charge is 2.22. The molecule has 0 radical (unpaired) electrons. The van der Waals surface area contributed by atoms with Crippen molar-refractivity contribution in [2.45, 2.75) is 9.79 Å². The smallest absolute Gasteiger partial charge is 0.347 e. The number of carboxylic acids is 1. The van der Waals surface area contributed by atoms with Crippen LogP contribution in [-0.2, 0) is 20.0 Å². The normalized spacial score (nSPS) is 11.4. The summed E-state index contributed by atoms with van der Waals surface area (Å²) in [5.74, 6) is -4.50. The molecule has 0 bridgehead atoms. The number of hydrogen-bond acceptors (Lipinski definition) is 10. The average molecular weight is 601 g/mol. The summed E-state index contributed by atoms with van der Waals surface area (Å²) in [6, 6.07) is 16.2. The number of anilines is 2. The number of carboxylic acid groups (broad SMARTS) is 1. The van der Waals surface area contributed by atoms with Gasteiger partial charge in [0.25, 0.3) is 20.0 Å². The van der Waals surface area contributed by atoms with Crippen LogP contribution in [0.1, 0.15) is 20.7 Å². The fourth-order valence-corrected chi connectivity index (χ4v) is 5.75. The SMILES string of the molecule is O=C(O)c1ccc(NS(=O)(=O)c2cccc(OC(=O)c3ccc(NS(=O)(=O)c4ccccc4O)cc3O)c2)cc1O. The summed E-state index contributed by atoms with van der Waals surface area (Å²) in [6.45, 7) is 0. The summed E-state index contributed by atoms with van der Waals surface area (Å²) in [5, 5.41) is 38.9. The molecule has 0 fully saturated rings. The lowest BCUT2D eigenvalue weighted by atomic mass is 10.2. The second-order valence-electron chi connectivity index (χ2n) is 8.31. The first-order valence-electron chi connectivity index (χ1n) is 11.3. The van der Waals surface area contributed by atoms with Crippen molar-refractivity contribution in [3.05, 3.63) is 96.1 Å². The zero-order valence-corrected chi connectivity index (χ0v) is 22.2. The maximum atomic E-state index is 12.8. The number of carbonyl (C=O) groups is 2. The van der Waals surface area contributed by atoms with Gasteiger partial charge in [-0.25, -0.2) is 26.4 Å². The molecule has 6 N–H and O–H groups in total. The third kappa shape index (κ3) is 6.48. The Balaban J connectivity index is 1.49. The van der Waals surface area contributed by atoms with Gasteiger partial charge in [-0.15, -0.1) is 0 Å². The topological polar surface area (TPSA) is 217 Å². The quantitative estimate of drug-likeness (QED) is 0.121. The van der Waals surface area contributed by atoms with Gasteiger partial charge in [0.2, 0.25) is 0 Å². The molecule has 4 rings (SSSR count). The number of esters is 1. The summed E-state index contributed by atoms with van der Waals surface area (Å²) in [6.07, 6.45) is 0. The molecule has 13 nitrogen and oxygen atoms in total. The van der Waals surface area contributed by atoms with Crippen LogP contribution in [0.5, 0.6) is 23.0 Å². The number of ether oxygens (including phenoxy) is 1. The van der Waals surface area contributed by atoms with Crippen LogP contribution in [0.2, 0.25) is 0 Å². The number of para-hydroxylation sites is 1. The molecule has 0 amide bonds. The molecule has 0 saturated carbocycles. The van der Waals surface area contributed by atoms with Crippen molar-refractivity contribution in [2.24, 2.45) is 0 Å². The summed E-state index contributed by atoms with van der Waals surface area (Å²) < 4.78 is 60.2. The molecule has 4 aromatic rings. The third-order valence-corrected chi connectivity index (χ3v) is 8.24. The Kier molecular flexibility index (Phi) is 7.75. The van der Waals surface area contributed by atoms with Gasteiger partial charge in [0, 0.05) is 18.2 Å². The van der Waals surface area contributed by atoms with Gasteiger partial charge in [0.15, 0.2) is 0 Å². The maximum Gasteiger partial charge on any atom is 0.347 e. The number of hydrogen-bond donors (Lipinski definition) is 6. The fourth-order valence-electron chi connectivity index (χ4n) is 3.52. The minimum absolute atomic E-state index is 0.121. The van der Waals surface area contributed by atoms with Crippen LogP contribution >= 0.6 is 0 Å². The molecule has 15 heteroatoms. The van der Waals surface area contributed by atoms with E-state index in [0.717, 1.165) is 36.4 Å². The monoisotopic (exact) mass is 600 g/mol. The number of phenols is 3.